The normalized spacial score (nSPS) is 14.6. The van der Waals surface area contributed by atoms with Crippen LogP contribution in [0.25, 0.3) is 0 Å². The van der Waals surface area contributed by atoms with E-state index in [0.717, 1.165) is 13.0 Å². The lowest BCUT2D eigenvalue weighted by molar-refractivity contribution is 0.362. The van der Waals surface area contributed by atoms with Crippen LogP contribution in [0.4, 0.5) is 0 Å². The average Bonchev–Trinajstić information content (AvgIpc) is 2.36. The fourth-order valence-electron chi connectivity index (χ4n) is 1.93. The van der Waals surface area contributed by atoms with E-state index in [4.69, 9.17) is 0 Å². The third-order valence-electron chi connectivity index (χ3n) is 3.39. The van der Waals surface area contributed by atoms with Gasteiger partial charge in [0.2, 0.25) is 0 Å². The van der Waals surface area contributed by atoms with E-state index in [2.05, 4.69) is 50.1 Å². The van der Waals surface area contributed by atoms with Crippen LogP contribution in [0.5, 0.6) is 0 Å². The van der Waals surface area contributed by atoms with Gasteiger partial charge >= 0.3 is 0 Å². The third-order valence-corrected chi connectivity index (χ3v) is 3.39. The molecule has 0 saturated heterocycles. The van der Waals surface area contributed by atoms with Gasteiger partial charge < -0.3 is 5.32 Å². The monoisotopic (exact) mass is 234 g/mol. The van der Waals surface area contributed by atoms with E-state index < -0.39 is 0 Å². The molecule has 96 valence electrons. The number of hydrogen-bond donors (Lipinski definition) is 1. The van der Waals surface area contributed by atoms with Crippen molar-refractivity contribution in [3.63, 3.8) is 0 Å². The molecule has 17 heavy (non-hydrogen) atoms. The van der Waals surface area contributed by atoms with Gasteiger partial charge in [-0.05, 0) is 37.4 Å². The molecule has 0 radical (unpaired) electrons. The standard InChI is InChI=1S/C15H26N2/c1-5-9-16-15(13(4)6-2)10-14-8-7-12(3)11-17-14/h7-8,11,13,15-16H,5-6,9-10H2,1-4H3. The molecule has 1 heterocycles. The molecule has 1 aromatic heterocycles. The van der Waals surface area contributed by atoms with Crippen molar-refractivity contribution >= 4 is 0 Å². The Hall–Kier alpha value is -0.890. The first-order chi connectivity index (χ1) is 8.17. The lowest BCUT2D eigenvalue weighted by Gasteiger charge is -2.24. The fourth-order valence-corrected chi connectivity index (χ4v) is 1.93. The van der Waals surface area contributed by atoms with Gasteiger partial charge in [-0.15, -0.1) is 0 Å². The van der Waals surface area contributed by atoms with Crippen LogP contribution in [0.1, 0.15) is 44.9 Å². The van der Waals surface area contributed by atoms with Gasteiger partial charge in [0.1, 0.15) is 0 Å². The van der Waals surface area contributed by atoms with Crippen LogP contribution in [0, 0.1) is 12.8 Å². The molecule has 1 aromatic rings. The maximum atomic E-state index is 4.50. The fraction of sp³-hybridized carbons (Fsp3) is 0.667. The lowest BCUT2D eigenvalue weighted by Crippen LogP contribution is -2.37. The summed E-state index contributed by atoms with van der Waals surface area (Å²) in [6, 6.07) is 4.85. The highest BCUT2D eigenvalue weighted by Gasteiger charge is 2.15. The van der Waals surface area contributed by atoms with E-state index in [9.17, 15) is 0 Å². The molecular weight excluding hydrogens is 208 g/mol. The molecule has 2 atom stereocenters. The summed E-state index contributed by atoms with van der Waals surface area (Å²) in [7, 11) is 0. The Balaban J connectivity index is 2.61. The number of nitrogens with zero attached hydrogens (tertiary/aromatic N) is 1. The summed E-state index contributed by atoms with van der Waals surface area (Å²) in [5.41, 5.74) is 2.43. The van der Waals surface area contributed by atoms with Crippen LogP contribution >= 0.6 is 0 Å². The summed E-state index contributed by atoms with van der Waals surface area (Å²) in [4.78, 5) is 4.50. The first kappa shape index (κ1) is 14.2. The van der Waals surface area contributed by atoms with Crippen molar-refractivity contribution < 1.29 is 0 Å². The minimum absolute atomic E-state index is 0.551. The van der Waals surface area contributed by atoms with Crippen molar-refractivity contribution in [2.24, 2.45) is 5.92 Å². The molecule has 0 amide bonds. The van der Waals surface area contributed by atoms with Crippen LogP contribution in [0.15, 0.2) is 18.3 Å². The second-order valence-corrected chi connectivity index (χ2v) is 4.98. The topological polar surface area (TPSA) is 24.9 Å². The summed E-state index contributed by atoms with van der Waals surface area (Å²) in [6.45, 7) is 9.97. The van der Waals surface area contributed by atoms with E-state index >= 15 is 0 Å². The molecule has 2 unspecified atom stereocenters. The van der Waals surface area contributed by atoms with Gasteiger partial charge in [0, 0.05) is 24.4 Å². The van der Waals surface area contributed by atoms with Crippen molar-refractivity contribution in [1.82, 2.24) is 10.3 Å². The van der Waals surface area contributed by atoms with Gasteiger partial charge in [0.15, 0.2) is 0 Å². The van der Waals surface area contributed by atoms with Gasteiger partial charge in [-0.3, -0.25) is 4.98 Å². The summed E-state index contributed by atoms with van der Waals surface area (Å²) < 4.78 is 0. The van der Waals surface area contributed by atoms with Crippen molar-refractivity contribution in [3.05, 3.63) is 29.6 Å². The van der Waals surface area contributed by atoms with Gasteiger partial charge in [-0.25, -0.2) is 0 Å². The second-order valence-electron chi connectivity index (χ2n) is 4.98. The van der Waals surface area contributed by atoms with Gasteiger partial charge in [0.25, 0.3) is 0 Å². The number of aromatic nitrogens is 1. The smallest absolute Gasteiger partial charge is 0.0419 e. The van der Waals surface area contributed by atoms with Crippen LogP contribution in [-0.2, 0) is 6.42 Å². The Kier molecular flexibility index (Phi) is 6.20. The van der Waals surface area contributed by atoms with Crippen LogP contribution in [0.3, 0.4) is 0 Å². The maximum Gasteiger partial charge on any atom is 0.0419 e. The molecule has 0 aliphatic carbocycles. The Morgan fingerprint density at radius 1 is 1.29 bits per heavy atom. The molecule has 0 spiro atoms. The SMILES string of the molecule is CCCNC(Cc1ccc(C)cn1)C(C)CC. The van der Waals surface area contributed by atoms with E-state index in [1.807, 2.05) is 6.20 Å². The molecule has 0 aliphatic rings. The summed E-state index contributed by atoms with van der Waals surface area (Å²) in [5, 5.41) is 3.64. The third kappa shape index (κ3) is 4.86. The molecule has 1 N–H and O–H groups in total. The predicted octanol–water partition coefficient (Wildman–Crippen LogP) is 3.35. The van der Waals surface area contributed by atoms with Gasteiger partial charge in [0.05, 0.1) is 0 Å². The summed E-state index contributed by atoms with van der Waals surface area (Å²) in [5.74, 6) is 0.699. The first-order valence-electron chi connectivity index (χ1n) is 6.82. The van der Waals surface area contributed by atoms with Crippen molar-refractivity contribution in [2.45, 2.75) is 53.0 Å². The number of nitrogens with one attached hydrogen (secondary N) is 1. The van der Waals surface area contributed by atoms with Crippen LogP contribution in [0.2, 0.25) is 0 Å². The highest BCUT2D eigenvalue weighted by atomic mass is 14.9. The van der Waals surface area contributed by atoms with Crippen molar-refractivity contribution in [3.8, 4) is 0 Å². The maximum absolute atomic E-state index is 4.50. The molecule has 0 aliphatic heterocycles. The molecule has 0 fully saturated rings. The number of aryl methyl sites for hydroxylation is 1. The van der Waals surface area contributed by atoms with Gasteiger partial charge in [-0.2, -0.15) is 0 Å². The summed E-state index contributed by atoms with van der Waals surface area (Å²) in [6.07, 6.45) is 5.40. The average molecular weight is 234 g/mol. The highest BCUT2D eigenvalue weighted by molar-refractivity contribution is 5.13. The molecule has 0 aromatic carbocycles. The number of pyridine rings is 1. The number of hydrogen-bond acceptors (Lipinski definition) is 2. The second kappa shape index (κ2) is 7.44. The van der Waals surface area contributed by atoms with Crippen molar-refractivity contribution in [2.75, 3.05) is 6.54 Å². The molecule has 2 heteroatoms. The largest absolute Gasteiger partial charge is 0.313 e. The molecular formula is C15H26N2. The minimum atomic E-state index is 0.551. The van der Waals surface area contributed by atoms with Crippen LogP contribution in [-0.4, -0.2) is 17.6 Å². The van der Waals surface area contributed by atoms with Gasteiger partial charge in [-0.1, -0.05) is 33.3 Å². The molecule has 1 rings (SSSR count). The first-order valence-corrected chi connectivity index (χ1v) is 6.82. The Labute approximate surface area is 106 Å². The van der Waals surface area contributed by atoms with Crippen LogP contribution < -0.4 is 5.32 Å². The number of rotatable bonds is 7. The summed E-state index contributed by atoms with van der Waals surface area (Å²) >= 11 is 0. The zero-order chi connectivity index (χ0) is 12.7. The Bertz CT molecular complexity index is 305. The van der Waals surface area contributed by atoms with E-state index in [0.29, 0.717) is 12.0 Å². The molecule has 0 saturated carbocycles. The van der Waals surface area contributed by atoms with E-state index in [-0.39, 0.29) is 0 Å². The molecule has 2 nitrogen and oxygen atoms in total. The Morgan fingerprint density at radius 2 is 2.06 bits per heavy atom. The zero-order valence-corrected chi connectivity index (χ0v) is 11.7. The minimum Gasteiger partial charge on any atom is -0.313 e. The quantitative estimate of drug-likeness (QED) is 0.782. The van der Waals surface area contributed by atoms with Crippen molar-refractivity contribution in [1.29, 1.82) is 0 Å². The Morgan fingerprint density at radius 3 is 2.59 bits per heavy atom. The predicted molar refractivity (Wildman–Crippen MR) is 74.2 cm³/mol. The molecule has 0 bridgehead atoms. The highest BCUT2D eigenvalue weighted by Crippen LogP contribution is 2.12. The lowest BCUT2D eigenvalue weighted by atomic mass is 9.94. The zero-order valence-electron chi connectivity index (χ0n) is 11.7. The van der Waals surface area contributed by atoms with E-state index in [1.54, 1.807) is 0 Å². The van der Waals surface area contributed by atoms with E-state index in [1.165, 1.54) is 24.1 Å².